The smallest absolute Gasteiger partial charge is 0.337 e. The number of ether oxygens (including phenoxy) is 1. The van der Waals surface area contributed by atoms with Crippen LogP contribution in [0.2, 0.25) is 0 Å². The average molecular weight is 356 g/mol. The largest absolute Gasteiger partial charge is 0.465 e. The quantitative estimate of drug-likeness (QED) is 0.408. The Balaban J connectivity index is 1.69. The molecule has 4 rings (SSSR count). The second-order valence-electron chi connectivity index (χ2n) is 6.39. The van der Waals surface area contributed by atoms with E-state index < -0.39 is 5.97 Å². The lowest BCUT2D eigenvalue weighted by Crippen LogP contribution is -2.10. The Bertz CT molecular complexity index is 1100. The number of benzene rings is 3. The van der Waals surface area contributed by atoms with Gasteiger partial charge >= 0.3 is 5.97 Å². The molecule has 0 saturated heterocycles. The van der Waals surface area contributed by atoms with Crippen LogP contribution in [0, 0.1) is 0 Å². The van der Waals surface area contributed by atoms with Crippen LogP contribution in [0.25, 0.3) is 11.1 Å². The fraction of sp³-hybridized carbons (Fsp3) is 0.0870. The third-order valence-electron chi connectivity index (χ3n) is 4.77. The van der Waals surface area contributed by atoms with Gasteiger partial charge in [-0.2, -0.15) is 0 Å². The van der Waals surface area contributed by atoms with Crippen molar-refractivity contribution in [3.8, 4) is 11.1 Å². The van der Waals surface area contributed by atoms with Gasteiger partial charge in [0.2, 0.25) is 0 Å². The van der Waals surface area contributed by atoms with Crippen LogP contribution >= 0.6 is 0 Å². The second-order valence-corrected chi connectivity index (χ2v) is 6.39. The zero-order chi connectivity index (χ0) is 19.0. The minimum absolute atomic E-state index is 0.102. The van der Waals surface area contributed by atoms with Crippen LogP contribution in [0.4, 0.5) is 0 Å². The van der Waals surface area contributed by atoms with Crippen molar-refractivity contribution < 1.29 is 19.1 Å². The van der Waals surface area contributed by atoms with E-state index in [1.54, 1.807) is 42.5 Å². The van der Waals surface area contributed by atoms with E-state index in [9.17, 15) is 14.4 Å². The first-order valence-corrected chi connectivity index (χ1v) is 8.57. The molecule has 1 aliphatic carbocycles. The number of carbonyl (C=O) groups is 3. The lowest BCUT2D eigenvalue weighted by atomic mass is 9.94. The van der Waals surface area contributed by atoms with Gasteiger partial charge in [0, 0.05) is 23.1 Å². The highest BCUT2D eigenvalue weighted by Gasteiger charge is 2.30. The van der Waals surface area contributed by atoms with Crippen LogP contribution in [0.5, 0.6) is 0 Å². The summed E-state index contributed by atoms with van der Waals surface area (Å²) in [7, 11) is 1.32. The molecule has 0 bridgehead atoms. The van der Waals surface area contributed by atoms with E-state index in [-0.39, 0.29) is 18.0 Å². The third-order valence-corrected chi connectivity index (χ3v) is 4.77. The van der Waals surface area contributed by atoms with Crippen LogP contribution in [-0.2, 0) is 11.2 Å². The summed E-state index contributed by atoms with van der Waals surface area (Å²) in [5.74, 6) is -0.724. The molecule has 3 aromatic rings. The molecule has 3 aromatic carbocycles. The van der Waals surface area contributed by atoms with E-state index in [4.69, 9.17) is 4.74 Å². The van der Waals surface area contributed by atoms with Crippen LogP contribution in [0.3, 0.4) is 0 Å². The summed E-state index contributed by atoms with van der Waals surface area (Å²) < 4.78 is 4.72. The second kappa shape index (κ2) is 6.65. The van der Waals surface area contributed by atoms with E-state index in [1.807, 2.05) is 24.3 Å². The summed E-state index contributed by atoms with van der Waals surface area (Å²) in [6, 6.07) is 19.5. The van der Waals surface area contributed by atoms with Gasteiger partial charge in [0.1, 0.15) is 0 Å². The molecule has 0 unspecified atom stereocenters. The first-order valence-electron chi connectivity index (χ1n) is 8.57. The van der Waals surface area contributed by atoms with Gasteiger partial charge < -0.3 is 4.74 Å². The van der Waals surface area contributed by atoms with Crippen molar-refractivity contribution in [2.45, 2.75) is 6.42 Å². The van der Waals surface area contributed by atoms with Gasteiger partial charge in [0.25, 0.3) is 0 Å². The molecule has 0 spiro atoms. The van der Waals surface area contributed by atoms with Gasteiger partial charge in [-0.1, -0.05) is 54.6 Å². The number of hydrogen-bond acceptors (Lipinski definition) is 4. The molecule has 4 heteroatoms. The van der Waals surface area contributed by atoms with Gasteiger partial charge in [0.05, 0.1) is 12.7 Å². The molecule has 0 radical (unpaired) electrons. The highest BCUT2D eigenvalue weighted by atomic mass is 16.5. The number of hydrogen-bond donors (Lipinski definition) is 0. The van der Waals surface area contributed by atoms with Crippen molar-refractivity contribution >= 4 is 17.5 Å². The molecule has 0 fully saturated rings. The molecule has 0 aliphatic heterocycles. The molecule has 0 saturated carbocycles. The molecule has 0 atom stereocenters. The fourth-order valence-electron chi connectivity index (χ4n) is 3.51. The van der Waals surface area contributed by atoms with Crippen molar-refractivity contribution in [1.29, 1.82) is 0 Å². The number of carbonyl (C=O) groups excluding carboxylic acids is 3. The number of ketones is 2. The third kappa shape index (κ3) is 2.85. The SMILES string of the molecule is COC(=O)c1cccc(CC(=O)c2cccc3c2C(=O)c2ccccc2-3)c1. The van der Waals surface area contributed by atoms with Crippen LogP contribution in [-0.4, -0.2) is 24.6 Å². The van der Waals surface area contributed by atoms with Gasteiger partial charge in [-0.3, -0.25) is 9.59 Å². The van der Waals surface area contributed by atoms with Crippen molar-refractivity contribution in [2.24, 2.45) is 0 Å². The van der Waals surface area contributed by atoms with E-state index in [0.29, 0.717) is 27.8 Å². The first-order chi connectivity index (χ1) is 13.1. The monoisotopic (exact) mass is 356 g/mol. The lowest BCUT2D eigenvalue weighted by Gasteiger charge is -2.08. The molecule has 4 nitrogen and oxygen atoms in total. The molecule has 0 N–H and O–H groups in total. The van der Waals surface area contributed by atoms with Crippen LogP contribution in [0.1, 0.15) is 42.2 Å². The Labute approximate surface area is 156 Å². The number of fused-ring (bicyclic) bond motifs is 3. The van der Waals surface area contributed by atoms with E-state index in [2.05, 4.69) is 0 Å². The topological polar surface area (TPSA) is 60.4 Å². The molecular formula is C23H16O4. The van der Waals surface area contributed by atoms with E-state index in [1.165, 1.54) is 7.11 Å². The lowest BCUT2D eigenvalue weighted by molar-refractivity contribution is 0.0600. The normalized spacial score (nSPS) is 11.7. The summed E-state index contributed by atoms with van der Waals surface area (Å²) in [6.45, 7) is 0. The minimum Gasteiger partial charge on any atom is -0.465 e. The Kier molecular flexibility index (Phi) is 4.16. The Morgan fingerprint density at radius 3 is 2.33 bits per heavy atom. The van der Waals surface area contributed by atoms with Crippen LogP contribution < -0.4 is 0 Å². The Morgan fingerprint density at radius 2 is 1.56 bits per heavy atom. The van der Waals surface area contributed by atoms with E-state index >= 15 is 0 Å². The summed E-state index contributed by atoms with van der Waals surface area (Å²) in [5.41, 5.74) is 4.25. The van der Waals surface area contributed by atoms with Crippen LogP contribution in [0.15, 0.2) is 66.7 Å². The summed E-state index contributed by atoms with van der Waals surface area (Å²) >= 11 is 0. The van der Waals surface area contributed by atoms with Crippen molar-refractivity contribution in [3.63, 3.8) is 0 Å². The zero-order valence-electron chi connectivity index (χ0n) is 14.7. The maximum atomic E-state index is 13.0. The predicted molar refractivity (Wildman–Crippen MR) is 101 cm³/mol. The minimum atomic E-state index is -0.449. The molecule has 1 aliphatic rings. The first kappa shape index (κ1) is 16.9. The summed E-state index contributed by atoms with van der Waals surface area (Å²) in [4.78, 5) is 37.5. The van der Waals surface area contributed by atoms with Crippen molar-refractivity contribution in [1.82, 2.24) is 0 Å². The van der Waals surface area contributed by atoms with Crippen molar-refractivity contribution in [3.05, 3.63) is 94.5 Å². The predicted octanol–water partition coefficient (Wildman–Crippen LogP) is 4.11. The number of rotatable bonds is 4. The standard InChI is InChI=1S/C23H16O4/c1-27-23(26)15-7-4-6-14(12-15)13-20(24)19-11-5-10-17-16-8-2-3-9-18(16)22(25)21(17)19/h2-12H,13H2,1H3. The number of Topliss-reactive ketones (excluding diaryl/α,β-unsaturated/α-hetero) is 1. The summed E-state index contributed by atoms with van der Waals surface area (Å²) in [5, 5.41) is 0. The zero-order valence-corrected chi connectivity index (χ0v) is 14.7. The average Bonchev–Trinajstić information content (AvgIpc) is 3.00. The molecule has 0 heterocycles. The highest BCUT2D eigenvalue weighted by molar-refractivity contribution is 6.26. The Morgan fingerprint density at radius 1 is 0.852 bits per heavy atom. The number of esters is 1. The molecule has 0 aromatic heterocycles. The molecule has 132 valence electrons. The molecular weight excluding hydrogens is 340 g/mol. The van der Waals surface area contributed by atoms with Gasteiger partial charge in [-0.15, -0.1) is 0 Å². The highest BCUT2D eigenvalue weighted by Crippen LogP contribution is 2.38. The van der Waals surface area contributed by atoms with Gasteiger partial charge in [0.15, 0.2) is 11.6 Å². The van der Waals surface area contributed by atoms with Crippen molar-refractivity contribution in [2.75, 3.05) is 7.11 Å². The van der Waals surface area contributed by atoms with E-state index in [0.717, 1.165) is 11.1 Å². The molecule has 27 heavy (non-hydrogen) atoms. The van der Waals surface area contributed by atoms with Gasteiger partial charge in [-0.05, 0) is 28.8 Å². The molecule has 0 amide bonds. The summed E-state index contributed by atoms with van der Waals surface area (Å²) in [6.07, 6.45) is 0.102. The Hall–Kier alpha value is -3.53. The maximum Gasteiger partial charge on any atom is 0.337 e. The maximum absolute atomic E-state index is 13.0. The fourth-order valence-corrected chi connectivity index (χ4v) is 3.51. The number of methoxy groups -OCH3 is 1. The van der Waals surface area contributed by atoms with Gasteiger partial charge in [-0.25, -0.2) is 4.79 Å².